The van der Waals surface area contributed by atoms with Crippen molar-refractivity contribution in [1.82, 2.24) is 14.6 Å². The molecule has 0 radical (unpaired) electrons. The van der Waals surface area contributed by atoms with Gasteiger partial charge in [0.25, 0.3) is 0 Å². The number of likely N-dealkylation sites (tertiary alicyclic amines) is 1. The Bertz CT molecular complexity index is 493. The summed E-state index contributed by atoms with van der Waals surface area (Å²) < 4.78 is 9.52. The van der Waals surface area contributed by atoms with Gasteiger partial charge in [0, 0.05) is 42.0 Å². The summed E-state index contributed by atoms with van der Waals surface area (Å²) in [5.74, 6) is 1.45. The van der Waals surface area contributed by atoms with Crippen LogP contribution in [0.5, 0.6) is 5.88 Å². The fraction of sp³-hybridized carbons (Fsp3) is 0.733. The number of methoxy groups -OCH3 is 1. The highest BCUT2D eigenvalue weighted by molar-refractivity contribution is 7.03. The lowest BCUT2D eigenvalue weighted by Crippen LogP contribution is -2.45. The summed E-state index contributed by atoms with van der Waals surface area (Å²) in [7, 11) is 1.66. The maximum atomic E-state index is 12.0. The lowest BCUT2D eigenvalue weighted by Gasteiger charge is -2.34. The monoisotopic (exact) mass is 309 g/mol. The van der Waals surface area contributed by atoms with E-state index in [9.17, 15) is 4.79 Å². The number of nitrogens with one attached hydrogen (secondary N) is 1. The fourth-order valence-electron chi connectivity index (χ4n) is 2.97. The van der Waals surface area contributed by atoms with Gasteiger partial charge in [0.1, 0.15) is 0 Å². The van der Waals surface area contributed by atoms with Crippen LogP contribution in [-0.2, 0) is 4.79 Å². The summed E-state index contributed by atoms with van der Waals surface area (Å²) >= 11 is 1.43. The van der Waals surface area contributed by atoms with Gasteiger partial charge in [0.2, 0.25) is 11.8 Å². The molecule has 0 spiro atoms. The number of piperidine rings is 1. The quantitative estimate of drug-likeness (QED) is 0.906. The first-order valence-corrected chi connectivity index (χ1v) is 8.55. The molecular weight excluding hydrogens is 286 g/mol. The zero-order chi connectivity index (χ0) is 14.8. The van der Waals surface area contributed by atoms with E-state index >= 15 is 0 Å². The second kappa shape index (κ2) is 6.32. The molecule has 1 amide bonds. The van der Waals surface area contributed by atoms with E-state index in [0.29, 0.717) is 17.9 Å². The molecule has 1 aromatic rings. The van der Waals surface area contributed by atoms with Gasteiger partial charge in [-0.1, -0.05) is 0 Å². The average Bonchev–Trinajstić information content (AvgIpc) is 3.24. The number of hydrogen-bond acceptors (Lipinski definition) is 5. The van der Waals surface area contributed by atoms with Gasteiger partial charge >= 0.3 is 0 Å². The van der Waals surface area contributed by atoms with E-state index in [1.807, 2.05) is 10.3 Å². The number of carbonyl (C=O) groups is 1. The van der Waals surface area contributed by atoms with Crippen molar-refractivity contribution in [2.45, 2.75) is 44.7 Å². The molecule has 0 bridgehead atoms. The molecule has 21 heavy (non-hydrogen) atoms. The summed E-state index contributed by atoms with van der Waals surface area (Å²) in [4.78, 5) is 14.1. The summed E-state index contributed by atoms with van der Waals surface area (Å²) in [6.07, 6.45) is 4.25. The van der Waals surface area contributed by atoms with Crippen molar-refractivity contribution in [3.05, 3.63) is 10.9 Å². The molecule has 1 N–H and O–H groups in total. The summed E-state index contributed by atoms with van der Waals surface area (Å²) in [6.45, 7) is 3.92. The second-order valence-corrected chi connectivity index (χ2v) is 6.67. The second-order valence-electron chi connectivity index (χ2n) is 6.04. The highest BCUT2D eigenvalue weighted by Gasteiger charge is 2.35. The number of amides is 1. The topological polar surface area (TPSA) is 54.5 Å². The van der Waals surface area contributed by atoms with Gasteiger partial charge in [-0.25, -0.2) is 0 Å². The van der Waals surface area contributed by atoms with E-state index in [4.69, 9.17) is 4.74 Å². The number of rotatable bonds is 5. The van der Waals surface area contributed by atoms with E-state index < -0.39 is 0 Å². The minimum Gasteiger partial charge on any atom is -0.480 e. The van der Waals surface area contributed by atoms with Crippen molar-refractivity contribution >= 4 is 17.4 Å². The third-order valence-electron chi connectivity index (χ3n) is 4.44. The molecule has 1 atom stereocenters. The van der Waals surface area contributed by atoms with Crippen LogP contribution in [0.1, 0.15) is 44.2 Å². The Kier molecular flexibility index (Phi) is 4.45. The van der Waals surface area contributed by atoms with Gasteiger partial charge in [0.05, 0.1) is 7.11 Å². The largest absolute Gasteiger partial charge is 0.480 e. The van der Waals surface area contributed by atoms with Crippen molar-refractivity contribution in [1.29, 1.82) is 0 Å². The third kappa shape index (κ3) is 3.37. The lowest BCUT2D eigenvalue weighted by atomic mass is 10.0. The Morgan fingerprint density at radius 2 is 2.14 bits per heavy atom. The molecule has 3 rings (SSSR count). The zero-order valence-electron chi connectivity index (χ0n) is 12.7. The van der Waals surface area contributed by atoms with Gasteiger partial charge < -0.3 is 15.0 Å². The van der Waals surface area contributed by atoms with Gasteiger partial charge in [-0.15, -0.1) is 0 Å². The van der Waals surface area contributed by atoms with Crippen LogP contribution in [0.4, 0.5) is 0 Å². The van der Waals surface area contributed by atoms with Crippen molar-refractivity contribution < 1.29 is 9.53 Å². The zero-order valence-corrected chi connectivity index (χ0v) is 13.5. The van der Waals surface area contributed by atoms with Crippen LogP contribution >= 0.6 is 11.5 Å². The summed E-state index contributed by atoms with van der Waals surface area (Å²) in [5.41, 5.74) is 1.12. The minimum atomic E-state index is 0.231. The molecule has 1 aliphatic heterocycles. The number of aromatic nitrogens is 1. The maximum absolute atomic E-state index is 12.0. The molecule has 2 fully saturated rings. The average molecular weight is 309 g/mol. The van der Waals surface area contributed by atoms with Crippen LogP contribution in [0.3, 0.4) is 0 Å². The molecule has 1 unspecified atom stereocenters. The van der Waals surface area contributed by atoms with Gasteiger partial charge in [-0.3, -0.25) is 4.79 Å². The highest BCUT2D eigenvalue weighted by Crippen LogP contribution is 2.32. The molecule has 1 aromatic heterocycles. The molecule has 5 nitrogen and oxygen atoms in total. The van der Waals surface area contributed by atoms with Crippen LogP contribution in [0.25, 0.3) is 0 Å². The molecule has 2 aliphatic rings. The predicted molar refractivity (Wildman–Crippen MR) is 82.5 cm³/mol. The van der Waals surface area contributed by atoms with Gasteiger partial charge in [-0.05, 0) is 44.1 Å². The van der Waals surface area contributed by atoms with Crippen LogP contribution in [0.15, 0.2) is 5.38 Å². The molecule has 1 saturated carbocycles. The smallest absolute Gasteiger partial charge is 0.229 e. The molecule has 6 heteroatoms. The number of nitrogens with zero attached hydrogens (tertiary/aromatic N) is 2. The van der Waals surface area contributed by atoms with E-state index in [-0.39, 0.29) is 6.04 Å². The Balaban J connectivity index is 1.49. The van der Waals surface area contributed by atoms with Crippen molar-refractivity contribution in [3.8, 4) is 5.88 Å². The Morgan fingerprint density at radius 1 is 1.43 bits per heavy atom. The van der Waals surface area contributed by atoms with Crippen LogP contribution < -0.4 is 10.1 Å². The Labute approximate surface area is 129 Å². The summed E-state index contributed by atoms with van der Waals surface area (Å²) in [6, 6.07) is 0.697. The normalized spacial score (nSPS) is 21.3. The van der Waals surface area contributed by atoms with Gasteiger partial charge in [-0.2, -0.15) is 4.37 Å². The van der Waals surface area contributed by atoms with E-state index in [1.54, 1.807) is 7.11 Å². The number of ether oxygens (including phenoxy) is 1. The van der Waals surface area contributed by atoms with Crippen molar-refractivity contribution in [3.63, 3.8) is 0 Å². The molecular formula is C15H23N3O2S. The molecule has 2 heterocycles. The third-order valence-corrected chi connectivity index (χ3v) is 5.07. The Morgan fingerprint density at radius 3 is 2.76 bits per heavy atom. The molecule has 116 valence electrons. The SMILES string of the molecule is COc1nscc1C(C)NC1CCN(C(=O)C2CC2)CC1. The van der Waals surface area contributed by atoms with Crippen LogP contribution in [0.2, 0.25) is 0 Å². The number of hydrogen-bond donors (Lipinski definition) is 1. The highest BCUT2D eigenvalue weighted by atomic mass is 32.1. The van der Waals surface area contributed by atoms with Crippen molar-refractivity contribution in [2.24, 2.45) is 5.92 Å². The maximum Gasteiger partial charge on any atom is 0.229 e. The standard InChI is InChI=1S/C15H23N3O2S/c1-10(13-9-21-17-14(13)20-2)16-12-5-7-18(8-6-12)15(19)11-3-4-11/h9-12,16H,3-8H2,1-2H3. The van der Waals surface area contributed by atoms with Crippen LogP contribution in [-0.4, -0.2) is 41.4 Å². The summed E-state index contributed by atoms with van der Waals surface area (Å²) in [5, 5.41) is 5.69. The number of carbonyl (C=O) groups excluding carboxylic acids is 1. The first-order chi connectivity index (χ1) is 10.2. The molecule has 0 aromatic carbocycles. The minimum absolute atomic E-state index is 0.231. The molecule has 1 saturated heterocycles. The van der Waals surface area contributed by atoms with E-state index in [2.05, 4.69) is 16.6 Å². The Hall–Kier alpha value is -1.14. The van der Waals surface area contributed by atoms with Crippen molar-refractivity contribution in [2.75, 3.05) is 20.2 Å². The van der Waals surface area contributed by atoms with E-state index in [0.717, 1.165) is 50.2 Å². The first-order valence-electron chi connectivity index (χ1n) is 7.72. The van der Waals surface area contributed by atoms with Gasteiger partial charge in [0.15, 0.2) is 0 Å². The first kappa shape index (κ1) is 14.8. The fourth-order valence-corrected chi connectivity index (χ4v) is 3.72. The lowest BCUT2D eigenvalue weighted by molar-refractivity contribution is -0.133. The predicted octanol–water partition coefficient (Wildman–Crippen LogP) is 2.20. The van der Waals surface area contributed by atoms with E-state index in [1.165, 1.54) is 11.5 Å². The molecule has 1 aliphatic carbocycles. The van der Waals surface area contributed by atoms with Crippen LogP contribution in [0, 0.1) is 5.92 Å².